The summed E-state index contributed by atoms with van der Waals surface area (Å²) >= 11 is 5.01. The van der Waals surface area contributed by atoms with Gasteiger partial charge in [-0.2, -0.15) is 0 Å². The molecule has 3 aromatic rings. The zero-order chi connectivity index (χ0) is 19.3. The van der Waals surface area contributed by atoms with E-state index < -0.39 is 0 Å². The second-order valence-corrected chi connectivity index (χ2v) is 8.16. The van der Waals surface area contributed by atoms with E-state index in [9.17, 15) is 4.79 Å². The fraction of sp³-hybridized carbons (Fsp3) is 0.250. The lowest BCUT2D eigenvalue weighted by Gasteiger charge is -2.27. The van der Waals surface area contributed by atoms with Crippen molar-refractivity contribution in [1.82, 2.24) is 9.97 Å². The van der Waals surface area contributed by atoms with Crippen molar-refractivity contribution in [2.45, 2.75) is 6.42 Å². The highest BCUT2D eigenvalue weighted by Gasteiger charge is 2.13. The Labute approximate surface area is 175 Å². The van der Waals surface area contributed by atoms with Gasteiger partial charge in [0.2, 0.25) is 5.91 Å². The van der Waals surface area contributed by atoms with Gasteiger partial charge in [0.05, 0.1) is 37.2 Å². The van der Waals surface area contributed by atoms with E-state index in [0.29, 0.717) is 5.69 Å². The van der Waals surface area contributed by atoms with Crippen LogP contribution in [0.5, 0.6) is 0 Å². The number of rotatable bonds is 5. The summed E-state index contributed by atoms with van der Waals surface area (Å²) in [5.74, 6) is 0.798. The summed E-state index contributed by atoms with van der Waals surface area (Å²) in [6.45, 7) is 3.11. The highest BCUT2D eigenvalue weighted by atomic mass is 79.9. The zero-order valence-corrected chi connectivity index (χ0v) is 17.5. The van der Waals surface area contributed by atoms with Gasteiger partial charge in [-0.15, -0.1) is 11.3 Å². The van der Waals surface area contributed by atoms with Gasteiger partial charge in [-0.1, -0.05) is 28.1 Å². The molecule has 1 aliphatic heterocycles. The van der Waals surface area contributed by atoms with E-state index in [1.807, 2.05) is 41.8 Å². The van der Waals surface area contributed by atoms with Gasteiger partial charge in [-0.05, 0) is 24.3 Å². The maximum atomic E-state index is 12.4. The Morgan fingerprint density at radius 2 is 2.11 bits per heavy atom. The largest absolute Gasteiger partial charge is 0.378 e. The van der Waals surface area contributed by atoms with Crippen LogP contribution in [-0.4, -0.2) is 42.2 Å². The Hall–Kier alpha value is -2.29. The second-order valence-electron chi connectivity index (χ2n) is 6.38. The molecule has 1 amide bonds. The Morgan fingerprint density at radius 1 is 1.25 bits per heavy atom. The number of anilines is 2. The average Bonchev–Trinajstić information content (AvgIpc) is 3.17. The minimum Gasteiger partial charge on any atom is -0.378 e. The molecule has 2 aromatic heterocycles. The minimum absolute atomic E-state index is 0.105. The number of nitrogens with one attached hydrogen (secondary N) is 1. The van der Waals surface area contributed by atoms with Crippen LogP contribution in [0.25, 0.3) is 10.6 Å². The third-order valence-electron chi connectivity index (χ3n) is 4.33. The van der Waals surface area contributed by atoms with Gasteiger partial charge in [0, 0.05) is 28.5 Å². The Kier molecular flexibility index (Phi) is 5.99. The van der Waals surface area contributed by atoms with Gasteiger partial charge >= 0.3 is 0 Å². The topological polar surface area (TPSA) is 67.4 Å². The number of amides is 1. The number of morpholine rings is 1. The van der Waals surface area contributed by atoms with E-state index in [2.05, 4.69) is 36.1 Å². The number of pyridine rings is 1. The third kappa shape index (κ3) is 4.76. The van der Waals surface area contributed by atoms with Crippen LogP contribution in [0.4, 0.5) is 11.5 Å². The lowest BCUT2D eigenvalue weighted by molar-refractivity contribution is -0.115. The van der Waals surface area contributed by atoms with Crippen molar-refractivity contribution in [1.29, 1.82) is 0 Å². The standard InChI is InChI=1S/C20H19BrN4O2S/c21-15-3-1-2-14(10-15)20-24-17(13-28-20)11-19(26)23-16-4-5-18(22-12-16)25-6-8-27-9-7-25/h1-5,10,12-13H,6-9,11H2,(H,23,26). The van der Waals surface area contributed by atoms with Crippen LogP contribution in [0.1, 0.15) is 5.69 Å². The molecule has 144 valence electrons. The highest BCUT2D eigenvalue weighted by molar-refractivity contribution is 9.10. The molecular formula is C20H19BrN4O2S. The first-order chi connectivity index (χ1) is 13.7. The van der Waals surface area contributed by atoms with Gasteiger partial charge in [0.25, 0.3) is 0 Å². The average molecular weight is 459 g/mol. The molecule has 0 aliphatic carbocycles. The fourth-order valence-electron chi connectivity index (χ4n) is 2.95. The van der Waals surface area contributed by atoms with Gasteiger partial charge in [-0.25, -0.2) is 9.97 Å². The molecule has 1 aliphatic rings. The van der Waals surface area contributed by atoms with Crippen LogP contribution in [0.15, 0.2) is 52.4 Å². The molecule has 1 saturated heterocycles. The summed E-state index contributed by atoms with van der Waals surface area (Å²) in [5, 5.41) is 5.72. The first-order valence-corrected chi connectivity index (χ1v) is 10.6. The number of nitrogens with zero attached hydrogens (tertiary/aromatic N) is 3. The summed E-state index contributed by atoms with van der Waals surface area (Å²) in [4.78, 5) is 23.6. The van der Waals surface area contributed by atoms with Crippen molar-refractivity contribution in [3.8, 4) is 10.6 Å². The number of ether oxygens (including phenoxy) is 1. The molecule has 0 radical (unpaired) electrons. The van der Waals surface area contributed by atoms with Crippen LogP contribution >= 0.6 is 27.3 Å². The molecule has 0 bridgehead atoms. The maximum Gasteiger partial charge on any atom is 0.230 e. The van der Waals surface area contributed by atoms with Gasteiger partial charge < -0.3 is 15.0 Å². The lowest BCUT2D eigenvalue weighted by Crippen LogP contribution is -2.36. The van der Waals surface area contributed by atoms with E-state index in [4.69, 9.17) is 4.74 Å². The molecule has 3 heterocycles. The summed E-state index contributed by atoms with van der Waals surface area (Å²) in [6, 6.07) is 11.8. The summed E-state index contributed by atoms with van der Waals surface area (Å²) in [5.41, 5.74) is 2.48. The third-order valence-corrected chi connectivity index (χ3v) is 5.77. The SMILES string of the molecule is O=C(Cc1csc(-c2cccc(Br)c2)n1)Nc1ccc(N2CCOCC2)nc1. The molecule has 4 rings (SSSR count). The quantitative estimate of drug-likeness (QED) is 0.625. The lowest BCUT2D eigenvalue weighted by atomic mass is 10.2. The van der Waals surface area contributed by atoms with Crippen molar-refractivity contribution in [3.63, 3.8) is 0 Å². The summed E-state index contributed by atoms with van der Waals surface area (Å²) in [7, 11) is 0. The number of carbonyl (C=O) groups is 1. The van der Waals surface area contributed by atoms with Crippen molar-refractivity contribution < 1.29 is 9.53 Å². The molecule has 6 nitrogen and oxygen atoms in total. The predicted octanol–water partition coefficient (Wildman–Crippen LogP) is 3.99. The Balaban J connectivity index is 1.35. The van der Waals surface area contributed by atoms with Gasteiger partial charge in [-0.3, -0.25) is 4.79 Å². The van der Waals surface area contributed by atoms with E-state index in [1.165, 1.54) is 11.3 Å². The molecule has 8 heteroatoms. The Bertz CT molecular complexity index is 955. The number of hydrogen-bond acceptors (Lipinski definition) is 6. The number of aromatic nitrogens is 2. The van der Waals surface area contributed by atoms with Crippen molar-refractivity contribution in [2.24, 2.45) is 0 Å². The van der Waals surface area contributed by atoms with E-state index in [1.54, 1.807) is 6.20 Å². The molecular weight excluding hydrogens is 440 g/mol. The van der Waals surface area contributed by atoms with E-state index in [-0.39, 0.29) is 12.3 Å². The highest BCUT2D eigenvalue weighted by Crippen LogP contribution is 2.26. The van der Waals surface area contributed by atoms with E-state index >= 15 is 0 Å². The van der Waals surface area contributed by atoms with Gasteiger partial charge in [0.15, 0.2) is 0 Å². The fourth-order valence-corrected chi connectivity index (χ4v) is 4.17. The number of hydrogen-bond donors (Lipinski definition) is 1. The molecule has 28 heavy (non-hydrogen) atoms. The molecule has 0 spiro atoms. The van der Waals surface area contributed by atoms with Crippen LogP contribution in [-0.2, 0) is 16.0 Å². The molecule has 0 unspecified atom stereocenters. The minimum atomic E-state index is -0.105. The maximum absolute atomic E-state index is 12.4. The monoisotopic (exact) mass is 458 g/mol. The van der Waals surface area contributed by atoms with Gasteiger partial charge in [0.1, 0.15) is 10.8 Å². The normalized spacial score (nSPS) is 14.1. The van der Waals surface area contributed by atoms with Crippen LogP contribution < -0.4 is 10.2 Å². The number of carbonyl (C=O) groups excluding carboxylic acids is 1. The summed E-state index contributed by atoms with van der Waals surface area (Å²) in [6.07, 6.45) is 1.92. The van der Waals surface area contributed by atoms with E-state index in [0.717, 1.165) is 52.9 Å². The first-order valence-electron chi connectivity index (χ1n) is 8.96. The van der Waals surface area contributed by atoms with Crippen molar-refractivity contribution in [3.05, 3.63) is 58.1 Å². The van der Waals surface area contributed by atoms with Crippen LogP contribution in [0.3, 0.4) is 0 Å². The van der Waals surface area contributed by atoms with Crippen LogP contribution in [0, 0.1) is 0 Å². The molecule has 1 aromatic carbocycles. The molecule has 0 atom stereocenters. The zero-order valence-electron chi connectivity index (χ0n) is 15.1. The second kappa shape index (κ2) is 8.81. The molecule has 1 fully saturated rings. The summed E-state index contributed by atoms with van der Waals surface area (Å²) < 4.78 is 6.36. The molecule has 0 saturated carbocycles. The van der Waals surface area contributed by atoms with Crippen LogP contribution in [0.2, 0.25) is 0 Å². The van der Waals surface area contributed by atoms with Crippen molar-refractivity contribution in [2.75, 3.05) is 36.5 Å². The number of thiazole rings is 1. The molecule has 1 N–H and O–H groups in total. The first kappa shape index (κ1) is 19.0. The smallest absolute Gasteiger partial charge is 0.230 e. The predicted molar refractivity (Wildman–Crippen MR) is 115 cm³/mol. The van der Waals surface area contributed by atoms with Crippen molar-refractivity contribution >= 4 is 44.7 Å². The Morgan fingerprint density at radius 3 is 2.86 bits per heavy atom. The number of halogens is 1. The number of benzene rings is 1.